The molecule has 0 atom stereocenters. The van der Waals surface area contributed by atoms with Crippen molar-refractivity contribution < 1.29 is 8.42 Å². The fourth-order valence-electron chi connectivity index (χ4n) is 3.10. The molecule has 3 aromatic carbocycles. The van der Waals surface area contributed by atoms with Crippen LogP contribution in [-0.2, 0) is 9.84 Å². The predicted molar refractivity (Wildman–Crippen MR) is 129 cm³/mol. The van der Waals surface area contributed by atoms with Crippen molar-refractivity contribution in [1.82, 2.24) is 9.55 Å². The fraction of sp³-hybridized carbons (Fsp3) is 0.160. The Morgan fingerprint density at radius 2 is 1.35 bits per heavy atom. The summed E-state index contributed by atoms with van der Waals surface area (Å²) in [6.45, 7) is 6.05. The van der Waals surface area contributed by atoms with E-state index in [9.17, 15) is 8.42 Å². The third kappa shape index (κ3) is 5.24. The molecule has 31 heavy (non-hydrogen) atoms. The summed E-state index contributed by atoms with van der Waals surface area (Å²) in [5.41, 5.74) is 4.77. The normalized spacial score (nSPS) is 11.0. The Labute approximate surface area is 189 Å². The van der Waals surface area contributed by atoms with Gasteiger partial charge in [-0.1, -0.05) is 55.3 Å². The van der Waals surface area contributed by atoms with Gasteiger partial charge in [0.05, 0.1) is 10.6 Å². The smallest absolute Gasteiger partial charge is 0.175 e. The van der Waals surface area contributed by atoms with Crippen LogP contribution in [0.25, 0.3) is 28.3 Å². The summed E-state index contributed by atoms with van der Waals surface area (Å²) in [4.78, 5) is 5.14. The molecule has 0 amide bonds. The van der Waals surface area contributed by atoms with E-state index >= 15 is 0 Å². The van der Waals surface area contributed by atoms with E-state index in [1.165, 1.54) is 11.8 Å². The topological polar surface area (TPSA) is 52.0 Å². The highest BCUT2D eigenvalue weighted by molar-refractivity contribution is 7.90. The number of aryl methyl sites for hydroxylation is 1. The van der Waals surface area contributed by atoms with Gasteiger partial charge in [-0.05, 0) is 55.5 Å². The number of halogens is 1. The highest BCUT2D eigenvalue weighted by atomic mass is 35.5. The molecule has 0 N–H and O–H groups in total. The van der Waals surface area contributed by atoms with Gasteiger partial charge in [-0.3, -0.25) is 4.57 Å². The van der Waals surface area contributed by atoms with Crippen LogP contribution in [0.15, 0.2) is 83.9 Å². The molecule has 0 aliphatic heterocycles. The minimum atomic E-state index is -3.25. The van der Waals surface area contributed by atoms with Crippen molar-refractivity contribution in [3.8, 4) is 28.3 Å². The van der Waals surface area contributed by atoms with E-state index in [0.717, 1.165) is 28.3 Å². The lowest BCUT2D eigenvalue weighted by Gasteiger charge is -2.09. The van der Waals surface area contributed by atoms with Crippen molar-refractivity contribution in [3.05, 3.63) is 89.6 Å². The van der Waals surface area contributed by atoms with Crippen molar-refractivity contribution in [3.63, 3.8) is 0 Å². The number of hydrogen-bond donors (Lipinski definition) is 0. The fourth-order valence-corrected chi connectivity index (χ4v) is 3.85. The zero-order valence-electron chi connectivity index (χ0n) is 18.0. The van der Waals surface area contributed by atoms with Gasteiger partial charge >= 0.3 is 0 Å². The van der Waals surface area contributed by atoms with Gasteiger partial charge in [0.15, 0.2) is 9.84 Å². The molecule has 1 heterocycles. The molecule has 4 rings (SSSR count). The van der Waals surface area contributed by atoms with Gasteiger partial charge in [-0.25, -0.2) is 13.4 Å². The molecule has 0 aliphatic carbocycles. The molecule has 0 spiro atoms. The predicted octanol–water partition coefficient (Wildman–Crippen LogP) is 6.60. The minimum Gasteiger partial charge on any atom is -0.299 e. The maximum absolute atomic E-state index is 11.8. The van der Waals surface area contributed by atoms with Crippen molar-refractivity contribution in [2.75, 3.05) is 6.26 Å². The van der Waals surface area contributed by atoms with E-state index in [1.54, 1.807) is 24.3 Å². The summed E-state index contributed by atoms with van der Waals surface area (Å²) in [6, 6.07) is 22.5. The number of aromatic nitrogens is 2. The van der Waals surface area contributed by atoms with E-state index in [1.807, 2.05) is 67.9 Å². The lowest BCUT2D eigenvalue weighted by atomic mass is 10.1. The van der Waals surface area contributed by atoms with Gasteiger partial charge in [0.25, 0.3) is 0 Å². The average Bonchev–Trinajstić information content (AvgIpc) is 3.21. The summed E-state index contributed by atoms with van der Waals surface area (Å²) >= 11 is 6.05. The minimum absolute atomic E-state index is 0.285. The standard InChI is InChI=1S/C23H19ClN2O2S.C2H6/c1-16-3-5-17(6-4-16)22-15-26(20-11-13-21(14-12-20)29(2,27)28)23(25-22)18-7-9-19(24)10-8-18;1-2/h3-15H,1-2H3;1-2H3. The van der Waals surface area contributed by atoms with E-state index in [2.05, 4.69) is 12.1 Å². The first-order valence-corrected chi connectivity index (χ1v) is 12.3. The van der Waals surface area contributed by atoms with Crippen LogP contribution in [0.5, 0.6) is 0 Å². The summed E-state index contributed by atoms with van der Waals surface area (Å²) in [7, 11) is -3.25. The van der Waals surface area contributed by atoms with Gasteiger partial charge in [-0.15, -0.1) is 0 Å². The molecule has 0 aliphatic rings. The van der Waals surface area contributed by atoms with Gasteiger partial charge < -0.3 is 0 Å². The first-order valence-electron chi connectivity index (χ1n) is 10.0. The van der Waals surface area contributed by atoms with Crippen LogP contribution in [0, 0.1) is 6.92 Å². The lowest BCUT2D eigenvalue weighted by molar-refractivity contribution is 0.602. The molecule has 0 unspecified atom stereocenters. The number of sulfone groups is 1. The number of nitrogens with zero attached hydrogens (tertiary/aromatic N) is 2. The Kier molecular flexibility index (Phi) is 6.98. The molecule has 160 valence electrons. The van der Waals surface area contributed by atoms with Crippen LogP contribution in [0.3, 0.4) is 0 Å². The first-order chi connectivity index (χ1) is 14.8. The molecule has 4 aromatic rings. The number of rotatable bonds is 4. The Bertz CT molecular complexity index is 1260. The maximum atomic E-state index is 11.8. The maximum Gasteiger partial charge on any atom is 0.175 e. The second-order valence-corrected chi connectivity index (χ2v) is 9.41. The van der Waals surface area contributed by atoms with Crippen LogP contribution >= 0.6 is 11.6 Å². The molecular formula is C25H25ClN2O2S. The Balaban J connectivity index is 0.00000132. The first kappa shape index (κ1) is 22.8. The molecule has 6 heteroatoms. The van der Waals surface area contributed by atoms with Crippen LogP contribution in [0.1, 0.15) is 19.4 Å². The summed E-state index contributed by atoms with van der Waals surface area (Å²) in [5.74, 6) is 0.754. The molecule has 4 nitrogen and oxygen atoms in total. The van der Waals surface area contributed by atoms with Crippen LogP contribution < -0.4 is 0 Å². The zero-order chi connectivity index (χ0) is 22.6. The summed E-state index contributed by atoms with van der Waals surface area (Å²) in [6.07, 6.45) is 3.16. The summed E-state index contributed by atoms with van der Waals surface area (Å²) < 4.78 is 25.5. The monoisotopic (exact) mass is 452 g/mol. The Morgan fingerprint density at radius 3 is 1.90 bits per heavy atom. The van der Waals surface area contributed by atoms with Gasteiger partial charge in [0.1, 0.15) is 5.82 Å². The highest BCUT2D eigenvalue weighted by Crippen LogP contribution is 2.29. The Hall–Kier alpha value is -2.89. The molecular weight excluding hydrogens is 428 g/mol. The van der Waals surface area contributed by atoms with Crippen molar-refractivity contribution in [2.24, 2.45) is 0 Å². The lowest BCUT2D eigenvalue weighted by Crippen LogP contribution is -1.99. The number of benzene rings is 3. The van der Waals surface area contributed by atoms with Gasteiger partial charge in [-0.2, -0.15) is 0 Å². The van der Waals surface area contributed by atoms with Gasteiger partial charge in [0.2, 0.25) is 0 Å². The van der Waals surface area contributed by atoms with Crippen molar-refractivity contribution >= 4 is 21.4 Å². The van der Waals surface area contributed by atoms with Gasteiger partial charge in [0, 0.05) is 34.3 Å². The van der Waals surface area contributed by atoms with Crippen molar-refractivity contribution in [2.45, 2.75) is 25.7 Å². The van der Waals surface area contributed by atoms with E-state index in [0.29, 0.717) is 5.02 Å². The molecule has 0 fully saturated rings. The van der Waals surface area contributed by atoms with E-state index < -0.39 is 9.84 Å². The number of imidazole rings is 1. The molecule has 0 saturated carbocycles. The molecule has 0 bridgehead atoms. The van der Waals surface area contributed by atoms with Crippen LogP contribution in [0.4, 0.5) is 0 Å². The Morgan fingerprint density at radius 1 is 0.806 bits per heavy atom. The highest BCUT2D eigenvalue weighted by Gasteiger charge is 2.14. The van der Waals surface area contributed by atoms with Crippen LogP contribution in [-0.4, -0.2) is 24.2 Å². The quantitative estimate of drug-likeness (QED) is 0.350. The van der Waals surface area contributed by atoms with Crippen molar-refractivity contribution in [1.29, 1.82) is 0 Å². The second kappa shape index (κ2) is 9.50. The molecule has 0 radical (unpaired) electrons. The second-order valence-electron chi connectivity index (χ2n) is 6.96. The summed E-state index contributed by atoms with van der Waals surface area (Å²) in [5, 5.41) is 0.656. The third-order valence-electron chi connectivity index (χ3n) is 4.70. The van der Waals surface area contributed by atoms with E-state index in [4.69, 9.17) is 16.6 Å². The largest absolute Gasteiger partial charge is 0.299 e. The third-order valence-corrected chi connectivity index (χ3v) is 6.08. The SMILES string of the molecule is CC.Cc1ccc(-c2cn(-c3ccc(S(C)(=O)=O)cc3)c(-c3ccc(Cl)cc3)n2)cc1. The molecule has 1 aromatic heterocycles. The molecule has 0 saturated heterocycles. The average molecular weight is 453 g/mol. The zero-order valence-corrected chi connectivity index (χ0v) is 19.6. The van der Waals surface area contributed by atoms with E-state index in [-0.39, 0.29) is 4.90 Å². The number of hydrogen-bond acceptors (Lipinski definition) is 3. The van der Waals surface area contributed by atoms with Crippen LogP contribution in [0.2, 0.25) is 5.02 Å².